The van der Waals surface area contributed by atoms with Crippen LogP contribution in [0.25, 0.3) is 16.6 Å². The number of nitrogens with zero attached hydrogens (tertiary/aromatic N) is 4. The van der Waals surface area contributed by atoms with Crippen molar-refractivity contribution in [1.29, 1.82) is 0 Å². The second-order valence-corrected chi connectivity index (χ2v) is 7.51. The molecule has 158 valence electrons. The molecule has 1 aliphatic heterocycles. The lowest BCUT2D eigenvalue weighted by Crippen LogP contribution is -2.23. The van der Waals surface area contributed by atoms with Crippen molar-refractivity contribution in [3.63, 3.8) is 0 Å². The van der Waals surface area contributed by atoms with Crippen molar-refractivity contribution in [1.82, 2.24) is 19.4 Å². The summed E-state index contributed by atoms with van der Waals surface area (Å²) in [6.07, 6.45) is 5.86. The van der Waals surface area contributed by atoms with E-state index in [4.69, 9.17) is 9.47 Å². The van der Waals surface area contributed by atoms with Gasteiger partial charge in [0.2, 0.25) is 5.88 Å². The Morgan fingerprint density at radius 1 is 1.13 bits per heavy atom. The number of ether oxygens (including phenoxy) is 2. The molecule has 0 saturated carbocycles. The smallest absolute Gasteiger partial charge is 0.266 e. The third-order valence-corrected chi connectivity index (χ3v) is 5.51. The lowest BCUT2D eigenvalue weighted by atomic mass is 10.2. The van der Waals surface area contributed by atoms with Crippen LogP contribution >= 0.6 is 0 Å². The highest BCUT2D eigenvalue weighted by atomic mass is 16.5. The van der Waals surface area contributed by atoms with E-state index in [0.717, 1.165) is 24.4 Å². The first-order valence-corrected chi connectivity index (χ1v) is 10.6. The number of aryl methyl sites for hydroxylation is 1. The lowest BCUT2D eigenvalue weighted by molar-refractivity contribution is 0.263. The Hall–Kier alpha value is -2.93. The summed E-state index contributed by atoms with van der Waals surface area (Å²) in [5, 5.41) is 0.487. The van der Waals surface area contributed by atoms with Crippen molar-refractivity contribution in [3.05, 3.63) is 52.7 Å². The first kappa shape index (κ1) is 20.3. The third-order valence-electron chi connectivity index (χ3n) is 5.51. The van der Waals surface area contributed by atoms with Gasteiger partial charge in [-0.05, 0) is 56.6 Å². The van der Waals surface area contributed by atoms with Gasteiger partial charge in [0.25, 0.3) is 5.56 Å². The Labute approximate surface area is 176 Å². The number of hydrogen-bond donors (Lipinski definition) is 0. The molecule has 0 unspecified atom stereocenters. The van der Waals surface area contributed by atoms with E-state index in [2.05, 4.69) is 14.9 Å². The lowest BCUT2D eigenvalue weighted by Gasteiger charge is -2.15. The number of benzene rings is 1. The summed E-state index contributed by atoms with van der Waals surface area (Å²) in [5.41, 5.74) is 1.22. The standard InChI is InChI=1S/C23H28N4O3/c1-3-21-25-20-16-24-22(29-2)15-19(20)23(28)27(21)17-7-9-18(10-8-17)30-14-6-13-26-11-4-5-12-26/h7-10,15-16H,3-6,11-14H2,1-2H3. The molecule has 0 spiro atoms. The number of likely N-dealkylation sites (tertiary alicyclic amines) is 1. The van der Waals surface area contributed by atoms with Crippen LogP contribution < -0.4 is 15.0 Å². The predicted octanol–water partition coefficient (Wildman–Crippen LogP) is 3.22. The quantitative estimate of drug-likeness (QED) is 0.533. The summed E-state index contributed by atoms with van der Waals surface area (Å²) in [4.78, 5) is 24.5. The zero-order chi connectivity index (χ0) is 20.9. The Morgan fingerprint density at radius 2 is 1.90 bits per heavy atom. The number of methoxy groups -OCH3 is 1. The van der Waals surface area contributed by atoms with Gasteiger partial charge in [-0.2, -0.15) is 0 Å². The summed E-state index contributed by atoms with van der Waals surface area (Å²) in [6, 6.07) is 9.27. The van der Waals surface area contributed by atoms with Gasteiger partial charge in [-0.15, -0.1) is 0 Å². The summed E-state index contributed by atoms with van der Waals surface area (Å²) in [7, 11) is 1.53. The van der Waals surface area contributed by atoms with Crippen molar-refractivity contribution < 1.29 is 9.47 Å². The van der Waals surface area contributed by atoms with Crippen molar-refractivity contribution >= 4 is 10.9 Å². The van der Waals surface area contributed by atoms with Crippen LogP contribution in [0.4, 0.5) is 0 Å². The molecular formula is C23H28N4O3. The molecule has 1 fully saturated rings. The van der Waals surface area contributed by atoms with E-state index >= 15 is 0 Å². The maximum Gasteiger partial charge on any atom is 0.266 e. The van der Waals surface area contributed by atoms with E-state index in [9.17, 15) is 4.79 Å². The average molecular weight is 409 g/mol. The Balaban J connectivity index is 1.52. The Morgan fingerprint density at radius 3 is 2.60 bits per heavy atom. The molecule has 4 rings (SSSR count). The molecule has 0 atom stereocenters. The number of fused-ring (bicyclic) bond motifs is 1. The van der Waals surface area contributed by atoms with Gasteiger partial charge >= 0.3 is 0 Å². The monoisotopic (exact) mass is 408 g/mol. The molecule has 0 radical (unpaired) electrons. The minimum absolute atomic E-state index is 0.128. The molecule has 7 nitrogen and oxygen atoms in total. The molecule has 0 aliphatic carbocycles. The van der Waals surface area contributed by atoms with Gasteiger partial charge in [-0.1, -0.05) is 6.92 Å². The van der Waals surface area contributed by atoms with Crippen molar-refractivity contribution in [2.75, 3.05) is 33.4 Å². The van der Waals surface area contributed by atoms with Crippen LogP contribution in [-0.4, -0.2) is 52.8 Å². The summed E-state index contributed by atoms with van der Waals surface area (Å²) in [5.74, 6) is 1.90. The van der Waals surface area contributed by atoms with Crippen LogP contribution in [0.15, 0.2) is 41.3 Å². The number of aromatic nitrogens is 3. The number of pyridine rings is 1. The maximum absolute atomic E-state index is 13.2. The zero-order valence-electron chi connectivity index (χ0n) is 17.6. The van der Waals surface area contributed by atoms with Crippen LogP contribution in [0.3, 0.4) is 0 Å². The minimum atomic E-state index is -0.128. The fourth-order valence-corrected chi connectivity index (χ4v) is 3.91. The van der Waals surface area contributed by atoms with E-state index in [1.807, 2.05) is 31.2 Å². The Kier molecular flexibility index (Phi) is 6.28. The van der Waals surface area contributed by atoms with Gasteiger partial charge in [-0.3, -0.25) is 9.36 Å². The second kappa shape index (κ2) is 9.26. The molecule has 2 aromatic heterocycles. The molecule has 1 saturated heterocycles. The van der Waals surface area contributed by atoms with Crippen LogP contribution in [-0.2, 0) is 6.42 Å². The van der Waals surface area contributed by atoms with E-state index in [1.54, 1.807) is 16.8 Å². The van der Waals surface area contributed by atoms with E-state index in [-0.39, 0.29) is 5.56 Å². The first-order chi connectivity index (χ1) is 14.7. The molecule has 1 aliphatic rings. The van der Waals surface area contributed by atoms with E-state index in [1.165, 1.54) is 33.0 Å². The molecular weight excluding hydrogens is 380 g/mol. The van der Waals surface area contributed by atoms with Crippen LogP contribution in [0.1, 0.15) is 32.0 Å². The van der Waals surface area contributed by atoms with Gasteiger partial charge in [0.15, 0.2) is 0 Å². The Bertz CT molecular complexity index is 1060. The largest absolute Gasteiger partial charge is 0.494 e. The van der Waals surface area contributed by atoms with Crippen LogP contribution in [0.5, 0.6) is 11.6 Å². The van der Waals surface area contributed by atoms with Gasteiger partial charge in [-0.25, -0.2) is 9.97 Å². The van der Waals surface area contributed by atoms with Crippen molar-refractivity contribution in [2.45, 2.75) is 32.6 Å². The van der Waals surface area contributed by atoms with Gasteiger partial charge in [0, 0.05) is 19.0 Å². The molecule has 3 heterocycles. The number of rotatable bonds is 8. The summed E-state index contributed by atoms with van der Waals surface area (Å²) in [6.45, 7) is 6.20. The van der Waals surface area contributed by atoms with E-state index in [0.29, 0.717) is 35.6 Å². The second-order valence-electron chi connectivity index (χ2n) is 7.51. The molecule has 7 heteroatoms. The highest BCUT2D eigenvalue weighted by Gasteiger charge is 2.14. The normalized spacial score (nSPS) is 14.3. The molecule has 3 aromatic rings. The van der Waals surface area contributed by atoms with Crippen molar-refractivity contribution in [3.8, 4) is 17.3 Å². The molecule has 0 amide bonds. The fourth-order valence-electron chi connectivity index (χ4n) is 3.91. The minimum Gasteiger partial charge on any atom is -0.494 e. The zero-order valence-corrected chi connectivity index (χ0v) is 17.6. The van der Waals surface area contributed by atoms with Gasteiger partial charge in [0.05, 0.1) is 36.5 Å². The predicted molar refractivity (Wildman–Crippen MR) is 117 cm³/mol. The van der Waals surface area contributed by atoms with Gasteiger partial charge < -0.3 is 14.4 Å². The maximum atomic E-state index is 13.2. The van der Waals surface area contributed by atoms with Crippen LogP contribution in [0, 0.1) is 0 Å². The molecule has 1 aromatic carbocycles. The van der Waals surface area contributed by atoms with Crippen molar-refractivity contribution in [2.24, 2.45) is 0 Å². The molecule has 30 heavy (non-hydrogen) atoms. The highest BCUT2D eigenvalue weighted by molar-refractivity contribution is 5.78. The SMILES string of the molecule is CCc1nc2cnc(OC)cc2c(=O)n1-c1ccc(OCCCN2CCCC2)cc1. The summed E-state index contributed by atoms with van der Waals surface area (Å²) < 4.78 is 12.7. The summed E-state index contributed by atoms with van der Waals surface area (Å²) >= 11 is 0. The average Bonchev–Trinajstić information content (AvgIpc) is 3.30. The topological polar surface area (TPSA) is 69.5 Å². The first-order valence-electron chi connectivity index (χ1n) is 10.6. The van der Waals surface area contributed by atoms with E-state index < -0.39 is 0 Å². The number of hydrogen-bond acceptors (Lipinski definition) is 6. The highest BCUT2D eigenvalue weighted by Crippen LogP contribution is 2.19. The molecule has 0 bridgehead atoms. The van der Waals surface area contributed by atoms with Gasteiger partial charge in [0.1, 0.15) is 11.6 Å². The van der Waals surface area contributed by atoms with Crippen LogP contribution in [0.2, 0.25) is 0 Å². The third kappa shape index (κ3) is 4.31. The molecule has 0 N–H and O–H groups in total. The fraction of sp³-hybridized carbons (Fsp3) is 0.435.